The van der Waals surface area contributed by atoms with Crippen LogP contribution < -0.4 is 5.43 Å². The van der Waals surface area contributed by atoms with Crippen LogP contribution in [0.15, 0.2) is 77.9 Å². The van der Waals surface area contributed by atoms with Crippen LogP contribution in [-0.4, -0.2) is 31.8 Å². The predicted octanol–water partition coefficient (Wildman–Crippen LogP) is 3.59. The number of hydrazone groups is 1. The van der Waals surface area contributed by atoms with Crippen LogP contribution in [-0.2, 0) is 11.3 Å². The van der Waals surface area contributed by atoms with E-state index < -0.39 is 0 Å². The summed E-state index contributed by atoms with van der Waals surface area (Å²) >= 11 is 0. The van der Waals surface area contributed by atoms with E-state index >= 15 is 0 Å². The van der Waals surface area contributed by atoms with Crippen molar-refractivity contribution < 1.29 is 9.90 Å². The number of para-hydroxylation sites is 3. The van der Waals surface area contributed by atoms with Crippen LogP contribution in [0.5, 0.6) is 5.75 Å². The second-order valence-corrected chi connectivity index (χ2v) is 6.87. The highest BCUT2D eigenvalue weighted by molar-refractivity contribution is 6.07. The second-order valence-electron chi connectivity index (χ2n) is 6.87. The highest BCUT2D eigenvalue weighted by Crippen LogP contribution is 2.27. The predicted molar refractivity (Wildman–Crippen MR) is 116 cm³/mol. The number of fused-ring (bicyclic) bond motifs is 4. The van der Waals surface area contributed by atoms with Crippen molar-refractivity contribution in [1.29, 1.82) is 0 Å². The molecule has 0 fully saturated rings. The topological polar surface area (TPSA) is 92.4 Å². The van der Waals surface area contributed by atoms with Gasteiger partial charge in [-0.2, -0.15) is 5.10 Å². The van der Waals surface area contributed by atoms with Crippen molar-refractivity contribution in [3.63, 3.8) is 0 Å². The first-order valence-corrected chi connectivity index (χ1v) is 9.44. The van der Waals surface area contributed by atoms with Crippen LogP contribution in [0.25, 0.3) is 33.1 Å². The van der Waals surface area contributed by atoms with Gasteiger partial charge >= 0.3 is 0 Å². The quantitative estimate of drug-likeness (QED) is 0.359. The number of benzene rings is 3. The van der Waals surface area contributed by atoms with Crippen molar-refractivity contribution in [1.82, 2.24) is 20.0 Å². The fourth-order valence-electron chi connectivity index (χ4n) is 3.46. The van der Waals surface area contributed by atoms with E-state index in [1.54, 1.807) is 24.3 Å². The first-order valence-electron chi connectivity index (χ1n) is 9.44. The number of aromatic hydroxyl groups is 1. The fourth-order valence-corrected chi connectivity index (χ4v) is 3.46. The molecule has 0 saturated carbocycles. The third-order valence-corrected chi connectivity index (χ3v) is 4.86. The van der Waals surface area contributed by atoms with Gasteiger partial charge in [-0.05, 0) is 48.0 Å². The molecule has 2 aromatic heterocycles. The lowest BCUT2D eigenvalue weighted by atomic mass is 10.2. The highest BCUT2D eigenvalue weighted by Gasteiger charge is 2.16. The minimum atomic E-state index is -0.275. The van der Waals surface area contributed by atoms with Crippen molar-refractivity contribution in [2.45, 2.75) is 6.54 Å². The summed E-state index contributed by atoms with van der Waals surface area (Å²) in [4.78, 5) is 22.1. The Bertz CT molecular complexity index is 1420. The minimum Gasteiger partial charge on any atom is -0.508 e. The molecule has 7 nitrogen and oxygen atoms in total. The first kappa shape index (κ1) is 17.8. The maximum absolute atomic E-state index is 12.6. The van der Waals surface area contributed by atoms with Gasteiger partial charge in [-0.25, -0.2) is 15.4 Å². The fraction of sp³-hybridized carbons (Fsp3) is 0.0435. The molecular weight excluding hydrogens is 378 g/mol. The van der Waals surface area contributed by atoms with Crippen LogP contribution in [0.1, 0.15) is 5.56 Å². The average molecular weight is 395 g/mol. The number of nitrogens with zero attached hydrogens (tertiary/aromatic N) is 4. The molecule has 2 N–H and O–H groups in total. The second kappa shape index (κ2) is 7.29. The lowest BCUT2D eigenvalue weighted by molar-refractivity contribution is -0.121. The van der Waals surface area contributed by atoms with Gasteiger partial charge in [0.05, 0.1) is 22.8 Å². The summed E-state index contributed by atoms with van der Waals surface area (Å²) in [5.41, 5.74) is 7.23. The third kappa shape index (κ3) is 3.22. The molecule has 0 aliphatic carbocycles. The smallest absolute Gasteiger partial charge is 0.260 e. The van der Waals surface area contributed by atoms with E-state index in [4.69, 9.17) is 9.97 Å². The molecule has 0 radical (unpaired) electrons. The Morgan fingerprint density at radius 1 is 0.967 bits per heavy atom. The molecule has 0 aliphatic heterocycles. The summed E-state index contributed by atoms with van der Waals surface area (Å²) in [6, 6.07) is 22.0. The molecule has 0 aliphatic rings. The molecule has 7 heteroatoms. The van der Waals surface area contributed by atoms with Crippen LogP contribution >= 0.6 is 0 Å². The van der Waals surface area contributed by atoms with Gasteiger partial charge in [0.2, 0.25) is 0 Å². The number of carbonyl (C=O) groups is 1. The normalized spacial score (nSPS) is 11.6. The maximum atomic E-state index is 12.6. The summed E-state index contributed by atoms with van der Waals surface area (Å²) in [5, 5.41) is 14.3. The van der Waals surface area contributed by atoms with Crippen LogP contribution in [0.4, 0.5) is 0 Å². The van der Waals surface area contributed by atoms with Gasteiger partial charge in [-0.15, -0.1) is 0 Å². The number of hydrogen-bond acceptors (Lipinski definition) is 5. The van der Waals surface area contributed by atoms with E-state index in [9.17, 15) is 9.90 Å². The van der Waals surface area contributed by atoms with Crippen molar-refractivity contribution in [2.24, 2.45) is 5.10 Å². The van der Waals surface area contributed by atoms with E-state index in [0.717, 1.165) is 33.0 Å². The zero-order valence-corrected chi connectivity index (χ0v) is 15.9. The molecule has 0 spiro atoms. The van der Waals surface area contributed by atoms with Crippen molar-refractivity contribution in [3.8, 4) is 5.75 Å². The van der Waals surface area contributed by atoms with Crippen LogP contribution in [0.3, 0.4) is 0 Å². The van der Waals surface area contributed by atoms with E-state index in [0.29, 0.717) is 5.65 Å². The highest BCUT2D eigenvalue weighted by atomic mass is 16.3. The molecule has 0 saturated heterocycles. The molecule has 30 heavy (non-hydrogen) atoms. The van der Waals surface area contributed by atoms with E-state index in [-0.39, 0.29) is 18.2 Å². The van der Waals surface area contributed by atoms with Gasteiger partial charge in [0.25, 0.3) is 5.91 Å². The summed E-state index contributed by atoms with van der Waals surface area (Å²) in [7, 11) is 0. The Balaban J connectivity index is 1.48. The molecule has 2 heterocycles. The van der Waals surface area contributed by atoms with Gasteiger partial charge in [-0.3, -0.25) is 4.79 Å². The van der Waals surface area contributed by atoms with Crippen molar-refractivity contribution >= 4 is 45.2 Å². The van der Waals surface area contributed by atoms with Crippen molar-refractivity contribution in [2.75, 3.05) is 0 Å². The van der Waals surface area contributed by atoms with Gasteiger partial charge in [0.15, 0.2) is 5.65 Å². The summed E-state index contributed by atoms with van der Waals surface area (Å²) < 4.78 is 1.86. The summed E-state index contributed by atoms with van der Waals surface area (Å²) in [5.74, 6) is -0.0983. The molecule has 3 aromatic carbocycles. The number of amides is 1. The average Bonchev–Trinajstić information content (AvgIpc) is 3.06. The Kier molecular flexibility index (Phi) is 4.33. The van der Waals surface area contributed by atoms with Gasteiger partial charge in [0, 0.05) is 5.39 Å². The molecule has 0 bridgehead atoms. The monoisotopic (exact) mass is 395 g/mol. The molecule has 0 atom stereocenters. The SMILES string of the molecule is O=C(Cn1c2ccccc2c2nc3ccccc3nc21)N/N=C/c1ccc(O)cc1. The standard InChI is InChI=1S/C23H17N5O2/c29-16-11-9-15(10-12-16)13-24-27-21(30)14-28-20-8-4-1-5-17(20)22-23(28)26-19-7-3-2-6-18(19)25-22/h1-13,29H,14H2,(H,27,30)/b24-13+. The summed E-state index contributed by atoms with van der Waals surface area (Å²) in [6.07, 6.45) is 1.52. The number of carbonyl (C=O) groups excluding carboxylic acids is 1. The number of rotatable bonds is 4. The molecule has 5 aromatic rings. The lowest BCUT2D eigenvalue weighted by Gasteiger charge is -2.06. The van der Waals surface area contributed by atoms with Crippen LogP contribution in [0.2, 0.25) is 0 Å². The van der Waals surface area contributed by atoms with Crippen molar-refractivity contribution in [3.05, 3.63) is 78.4 Å². The molecular formula is C23H17N5O2. The third-order valence-electron chi connectivity index (χ3n) is 4.86. The minimum absolute atomic E-state index is 0.0595. The number of aromatic nitrogens is 3. The van der Waals surface area contributed by atoms with E-state index in [1.807, 2.05) is 53.1 Å². The Labute approximate surface area is 171 Å². The van der Waals surface area contributed by atoms with E-state index in [1.165, 1.54) is 6.21 Å². The van der Waals surface area contributed by atoms with Gasteiger partial charge < -0.3 is 9.67 Å². The molecule has 5 rings (SSSR count). The largest absolute Gasteiger partial charge is 0.508 e. The Morgan fingerprint density at radius 2 is 1.67 bits per heavy atom. The number of phenolic OH excluding ortho intramolecular Hbond substituents is 1. The number of phenols is 1. The van der Waals surface area contributed by atoms with Crippen LogP contribution in [0, 0.1) is 0 Å². The zero-order valence-electron chi connectivity index (χ0n) is 15.9. The van der Waals surface area contributed by atoms with Gasteiger partial charge in [-0.1, -0.05) is 30.3 Å². The maximum Gasteiger partial charge on any atom is 0.260 e. The number of nitrogens with one attached hydrogen (secondary N) is 1. The molecule has 0 unspecified atom stereocenters. The summed E-state index contributed by atoms with van der Waals surface area (Å²) in [6.45, 7) is 0.0595. The van der Waals surface area contributed by atoms with Gasteiger partial charge in [0.1, 0.15) is 17.8 Å². The lowest BCUT2D eigenvalue weighted by Crippen LogP contribution is -2.23. The molecule has 146 valence electrons. The van der Waals surface area contributed by atoms with E-state index in [2.05, 4.69) is 10.5 Å². The Hall–Kier alpha value is -4.26. The zero-order chi connectivity index (χ0) is 20.5. The molecule has 1 amide bonds. The first-order chi connectivity index (χ1) is 14.7. The number of hydrogen-bond donors (Lipinski definition) is 2. The Morgan fingerprint density at radius 3 is 2.47 bits per heavy atom.